The summed E-state index contributed by atoms with van der Waals surface area (Å²) in [6.45, 7) is 1.72. The molecule has 0 spiro atoms. The molecule has 2 heterocycles. The van der Waals surface area contributed by atoms with Gasteiger partial charge in [0.25, 0.3) is 11.7 Å². The number of Topliss-reactive ketones (excluding diaryl/α,β-unsaturated/α-hetero) is 1. The van der Waals surface area contributed by atoms with E-state index >= 15 is 0 Å². The van der Waals surface area contributed by atoms with Gasteiger partial charge in [0, 0.05) is 11.3 Å². The molecule has 1 atom stereocenters. The average Bonchev–Trinajstić information content (AvgIpc) is 3.29. The van der Waals surface area contributed by atoms with Crippen molar-refractivity contribution < 1.29 is 27.5 Å². The van der Waals surface area contributed by atoms with Gasteiger partial charge < -0.3 is 9.52 Å². The fraction of sp³-hybridized carbons (Fsp3) is 0.0909. The second-order valence-electron chi connectivity index (χ2n) is 7.02. The molecule has 4 rings (SSSR count). The number of primary sulfonamides is 1. The molecule has 1 unspecified atom stereocenters. The van der Waals surface area contributed by atoms with Gasteiger partial charge in [0.05, 0.1) is 10.5 Å². The molecule has 2 aromatic carbocycles. The highest BCUT2D eigenvalue weighted by Crippen LogP contribution is 2.42. The normalized spacial score (nSPS) is 18.5. The van der Waals surface area contributed by atoms with Crippen LogP contribution >= 0.6 is 0 Å². The predicted molar refractivity (Wildman–Crippen MR) is 112 cm³/mol. The van der Waals surface area contributed by atoms with E-state index in [1.807, 2.05) is 0 Å². The maximum absolute atomic E-state index is 13.0. The van der Waals surface area contributed by atoms with Crippen LogP contribution in [0.2, 0.25) is 0 Å². The van der Waals surface area contributed by atoms with Gasteiger partial charge in [-0.25, -0.2) is 13.6 Å². The Morgan fingerprint density at radius 2 is 1.65 bits per heavy atom. The van der Waals surface area contributed by atoms with Crippen LogP contribution < -0.4 is 10.0 Å². The van der Waals surface area contributed by atoms with Crippen molar-refractivity contribution in [2.45, 2.75) is 17.9 Å². The number of aliphatic hydroxyl groups is 1. The van der Waals surface area contributed by atoms with E-state index in [-0.39, 0.29) is 27.7 Å². The summed E-state index contributed by atoms with van der Waals surface area (Å²) in [4.78, 5) is 27.0. The molecule has 0 bridgehead atoms. The number of nitrogens with two attached hydrogens (primary N) is 1. The van der Waals surface area contributed by atoms with Gasteiger partial charge in [-0.1, -0.05) is 30.3 Å². The minimum absolute atomic E-state index is 0.124. The van der Waals surface area contributed by atoms with E-state index in [1.165, 1.54) is 29.2 Å². The molecule has 31 heavy (non-hydrogen) atoms. The molecular weight excluding hydrogens is 420 g/mol. The fourth-order valence-electron chi connectivity index (χ4n) is 3.52. The Bertz CT molecular complexity index is 1310. The van der Waals surface area contributed by atoms with Crippen LogP contribution in [0.3, 0.4) is 0 Å². The smallest absolute Gasteiger partial charge is 0.300 e. The number of hydrogen-bond donors (Lipinski definition) is 2. The zero-order valence-corrected chi connectivity index (χ0v) is 17.2. The van der Waals surface area contributed by atoms with E-state index in [0.717, 1.165) is 0 Å². The minimum Gasteiger partial charge on any atom is -0.507 e. The Kier molecular flexibility index (Phi) is 5.00. The molecule has 1 saturated heterocycles. The van der Waals surface area contributed by atoms with Gasteiger partial charge in [-0.05, 0) is 43.3 Å². The third-order valence-electron chi connectivity index (χ3n) is 4.97. The number of hydrogen-bond acceptors (Lipinski definition) is 6. The van der Waals surface area contributed by atoms with Crippen molar-refractivity contribution in [3.8, 4) is 0 Å². The van der Waals surface area contributed by atoms with Gasteiger partial charge in [0.1, 0.15) is 23.3 Å². The SMILES string of the molecule is Cc1ccc(C2/C(=C(/O)c3ccccc3)C(=O)C(=O)N2c2ccc(S(N)(=O)=O)cc2)o1. The molecule has 3 N–H and O–H groups in total. The van der Waals surface area contributed by atoms with Crippen molar-refractivity contribution in [1.29, 1.82) is 0 Å². The molecule has 1 amide bonds. The molecular formula is C22H18N2O6S. The summed E-state index contributed by atoms with van der Waals surface area (Å²) in [6, 6.07) is 15.9. The van der Waals surface area contributed by atoms with Gasteiger partial charge in [-0.3, -0.25) is 14.5 Å². The Labute approximate surface area is 178 Å². The molecule has 8 nitrogen and oxygen atoms in total. The number of nitrogens with zero attached hydrogens (tertiary/aromatic N) is 1. The zero-order valence-electron chi connectivity index (χ0n) is 16.3. The lowest BCUT2D eigenvalue weighted by atomic mass is 9.99. The van der Waals surface area contributed by atoms with Crippen molar-refractivity contribution in [3.63, 3.8) is 0 Å². The maximum atomic E-state index is 13.0. The summed E-state index contributed by atoms with van der Waals surface area (Å²) >= 11 is 0. The average molecular weight is 438 g/mol. The molecule has 9 heteroatoms. The first-order chi connectivity index (χ1) is 14.7. The number of sulfonamides is 1. The largest absolute Gasteiger partial charge is 0.507 e. The lowest BCUT2D eigenvalue weighted by Gasteiger charge is -2.23. The molecule has 158 valence electrons. The van der Waals surface area contributed by atoms with E-state index in [4.69, 9.17) is 9.56 Å². The van der Waals surface area contributed by atoms with Gasteiger partial charge >= 0.3 is 0 Å². The number of ketones is 1. The van der Waals surface area contributed by atoms with E-state index in [2.05, 4.69) is 0 Å². The van der Waals surface area contributed by atoms with E-state index < -0.39 is 27.8 Å². The summed E-state index contributed by atoms with van der Waals surface area (Å²) in [6.07, 6.45) is 0. The van der Waals surface area contributed by atoms with Crippen molar-refractivity contribution in [1.82, 2.24) is 0 Å². The van der Waals surface area contributed by atoms with Crippen LogP contribution in [-0.2, 0) is 19.6 Å². The summed E-state index contributed by atoms with van der Waals surface area (Å²) in [7, 11) is -3.93. The van der Waals surface area contributed by atoms with Gasteiger partial charge in [0.2, 0.25) is 10.0 Å². The lowest BCUT2D eigenvalue weighted by Crippen LogP contribution is -2.29. The van der Waals surface area contributed by atoms with E-state index in [1.54, 1.807) is 49.4 Å². The first-order valence-corrected chi connectivity index (χ1v) is 10.8. The monoisotopic (exact) mass is 438 g/mol. The van der Waals surface area contributed by atoms with Crippen LogP contribution in [0.25, 0.3) is 5.76 Å². The number of amides is 1. The second kappa shape index (κ2) is 7.53. The maximum Gasteiger partial charge on any atom is 0.300 e. The Morgan fingerprint density at radius 1 is 1.00 bits per heavy atom. The first-order valence-electron chi connectivity index (χ1n) is 9.24. The molecule has 0 saturated carbocycles. The van der Waals surface area contributed by atoms with Crippen LogP contribution in [0.5, 0.6) is 0 Å². The third-order valence-corrected chi connectivity index (χ3v) is 5.89. The number of aliphatic hydroxyl groups excluding tert-OH is 1. The Balaban J connectivity index is 1.91. The standard InChI is InChI=1S/C22H18N2O6S/c1-13-7-12-17(30-13)19-18(20(25)14-5-3-2-4-6-14)21(26)22(27)24(19)15-8-10-16(11-9-15)31(23,28)29/h2-12,19,25H,1H3,(H2,23,28,29)/b20-18-. The number of furan rings is 1. The number of anilines is 1. The van der Waals surface area contributed by atoms with E-state index in [0.29, 0.717) is 11.3 Å². The molecule has 3 aromatic rings. The highest BCUT2D eigenvalue weighted by Gasteiger charge is 2.48. The number of aryl methyl sites for hydroxylation is 1. The summed E-state index contributed by atoms with van der Waals surface area (Å²) < 4.78 is 28.8. The third kappa shape index (κ3) is 3.65. The van der Waals surface area contributed by atoms with Crippen molar-refractivity contribution in [2.24, 2.45) is 5.14 Å². The van der Waals surface area contributed by atoms with Crippen LogP contribution in [0.15, 0.2) is 81.6 Å². The van der Waals surface area contributed by atoms with Gasteiger partial charge in [-0.2, -0.15) is 0 Å². The van der Waals surface area contributed by atoms with Gasteiger partial charge in [0.15, 0.2) is 0 Å². The van der Waals surface area contributed by atoms with Crippen molar-refractivity contribution >= 4 is 33.2 Å². The molecule has 1 aromatic heterocycles. The topological polar surface area (TPSA) is 131 Å². The van der Waals surface area contributed by atoms with Gasteiger partial charge in [-0.15, -0.1) is 0 Å². The first kappa shape index (κ1) is 20.6. The van der Waals surface area contributed by atoms with Crippen molar-refractivity contribution in [2.75, 3.05) is 4.90 Å². The fourth-order valence-corrected chi connectivity index (χ4v) is 4.03. The van der Waals surface area contributed by atoms with Crippen LogP contribution in [0.4, 0.5) is 5.69 Å². The Morgan fingerprint density at radius 3 is 2.19 bits per heavy atom. The Hall–Kier alpha value is -3.69. The summed E-state index contributed by atoms with van der Waals surface area (Å²) in [5.74, 6) is -1.24. The molecule has 1 aliphatic heterocycles. The summed E-state index contributed by atoms with van der Waals surface area (Å²) in [5, 5.41) is 16.0. The van der Waals surface area contributed by atoms with Crippen LogP contribution in [0.1, 0.15) is 23.1 Å². The number of benzene rings is 2. The molecule has 1 fully saturated rings. The van der Waals surface area contributed by atoms with Crippen molar-refractivity contribution in [3.05, 3.63) is 89.4 Å². The molecule has 0 aliphatic carbocycles. The van der Waals surface area contributed by atoms with Crippen LogP contribution in [-0.4, -0.2) is 25.2 Å². The van der Waals surface area contributed by atoms with Crippen LogP contribution in [0, 0.1) is 6.92 Å². The summed E-state index contributed by atoms with van der Waals surface area (Å²) in [5.41, 5.74) is 0.500. The van der Waals surface area contributed by atoms with E-state index in [9.17, 15) is 23.1 Å². The number of rotatable bonds is 4. The minimum atomic E-state index is -3.93. The highest BCUT2D eigenvalue weighted by atomic mass is 32.2. The highest BCUT2D eigenvalue weighted by molar-refractivity contribution is 7.89. The molecule has 0 radical (unpaired) electrons. The number of carbonyl (C=O) groups is 2. The number of carbonyl (C=O) groups excluding carboxylic acids is 2. The predicted octanol–water partition coefficient (Wildman–Crippen LogP) is 2.86. The quantitative estimate of drug-likeness (QED) is 0.366. The zero-order chi connectivity index (χ0) is 22.3. The lowest BCUT2D eigenvalue weighted by molar-refractivity contribution is -0.132. The molecule has 1 aliphatic rings. The second-order valence-corrected chi connectivity index (χ2v) is 8.58.